The fourth-order valence-electron chi connectivity index (χ4n) is 4.55. The van der Waals surface area contributed by atoms with Crippen LogP contribution in [0.5, 0.6) is 0 Å². The number of hydrogen-bond acceptors (Lipinski definition) is 7. The number of fused-ring (bicyclic) bond motifs is 2. The van der Waals surface area contributed by atoms with E-state index in [2.05, 4.69) is 32.0 Å². The number of carbonyl (C=O) groups excluding carboxylic acids is 1. The number of hydrogen-bond donors (Lipinski definition) is 3. The summed E-state index contributed by atoms with van der Waals surface area (Å²) in [5.74, 6) is 5.23. The van der Waals surface area contributed by atoms with Crippen LogP contribution in [0, 0.1) is 18.8 Å². The van der Waals surface area contributed by atoms with E-state index in [1.54, 1.807) is 56.3 Å². The number of rotatable bonds is 6. The largest absolute Gasteiger partial charge is 0.382 e. The standard InChI is InChI=1S/C29H27N7O4S/c1-18-14-15-24-33-27(30)26(36(24)34-18)28(37)32-19(2)23-17-21-10-7-9-20(11-8-16-31-41(3,39)40)25(21)29(38)35(23)22-12-5-4-6-13-22/h4-7,9-10,12-15,17,19,31H,16,30H2,1-3H3,(H,32,37)/t19-/m1/s1. The summed E-state index contributed by atoms with van der Waals surface area (Å²) >= 11 is 0. The highest BCUT2D eigenvalue weighted by molar-refractivity contribution is 7.88. The van der Waals surface area contributed by atoms with E-state index in [-0.39, 0.29) is 23.6 Å². The van der Waals surface area contributed by atoms with Crippen molar-refractivity contribution in [1.29, 1.82) is 0 Å². The summed E-state index contributed by atoms with van der Waals surface area (Å²) in [5.41, 5.74) is 8.57. The number of pyridine rings is 1. The number of para-hydroxylation sites is 1. The first kappa shape index (κ1) is 27.6. The van der Waals surface area contributed by atoms with Gasteiger partial charge in [0.1, 0.15) is 0 Å². The maximum Gasteiger partial charge on any atom is 0.274 e. The molecular weight excluding hydrogens is 542 g/mol. The molecule has 5 rings (SSSR count). The number of amides is 1. The number of carbonyl (C=O) groups is 1. The molecule has 0 aliphatic heterocycles. The molecule has 5 aromatic rings. The van der Waals surface area contributed by atoms with Crippen LogP contribution in [0.4, 0.5) is 5.82 Å². The molecule has 1 amide bonds. The van der Waals surface area contributed by atoms with Crippen LogP contribution in [-0.4, -0.2) is 46.3 Å². The van der Waals surface area contributed by atoms with Gasteiger partial charge in [-0.3, -0.25) is 14.2 Å². The molecule has 3 heterocycles. The molecular formula is C29H27N7O4S. The Morgan fingerprint density at radius 2 is 1.85 bits per heavy atom. The third-order valence-electron chi connectivity index (χ3n) is 6.38. The van der Waals surface area contributed by atoms with Crippen LogP contribution in [0.1, 0.15) is 40.4 Å². The molecule has 11 nitrogen and oxygen atoms in total. The molecule has 0 radical (unpaired) electrons. The van der Waals surface area contributed by atoms with Gasteiger partial charge in [0, 0.05) is 16.9 Å². The highest BCUT2D eigenvalue weighted by atomic mass is 32.2. The summed E-state index contributed by atoms with van der Waals surface area (Å²) < 4.78 is 28.0. The van der Waals surface area contributed by atoms with Gasteiger partial charge in [-0.25, -0.2) is 22.6 Å². The molecule has 1 atom stereocenters. The zero-order valence-corrected chi connectivity index (χ0v) is 23.4. The fraction of sp³-hybridized carbons (Fsp3) is 0.172. The Morgan fingerprint density at radius 3 is 2.59 bits per heavy atom. The van der Waals surface area contributed by atoms with Crippen molar-refractivity contribution in [2.24, 2.45) is 0 Å². The normalized spacial score (nSPS) is 12.2. The molecule has 0 aliphatic carbocycles. The molecule has 3 aromatic heterocycles. The molecule has 0 fully saturated rings. The van der Waals surface area contributed by atoms with E-state index in [0.717, 1.165) is 6.26 Å². The number of aromatic nitrogens is 4. The molecule has 2 aromatic carbocycles. The van der Waals surface area contributed by atoms with Gasteiger partial charge in [-0.15, -0.1) is 0 Å². The first-order valence-electron chi connectivity index (χ1n) is 12.6. The Bertz CT molecular complexity index is 2040. The summed E-state index contributed by atoms with van der Waals surface area (Å²) in [5, 5.41) is 8.32. The van der Waals surface area contributed by atoms with E-state index in [0.29, 0.717) is 39.1 Å². The van der Waals surface area contributed by atoms with Gasteiger partial charge in [0.05, 0.1) is 29.9 Å². The second kappa shape index (κ2) is 10.9. The summed E-state index contributed by atoms with van der Waals surface area (Å²) in [6.07, 6.45) is 1.05. The maximum absolute atomic E-state index is 14.1. The first-order valence-corrected chi connectivity index (χ1v) is 14.5. The average Bonchev–Trinajstić information content (AvgIpc) is 3.25. The molecule has 41 heavy (non-hydrogen) atoms. The Morgan fingerprint density at radius 1 is 1.10 bits per heavy atom. The minimum Gasteiger partial charge on any atom is -0.382 e. The van der Waals surface area contributed by atoms with Gasteiger partial charge >= 0.3 is 0 Å². The van der Waals surface area contributed by atoms with Gasteiger partial charge < -0.3 is 11.1 Å². The van der Waals surface area contributed by atoms with E-state index >= 15 is 0 Å². The molecule has 208 valence electrons. The molecule has 0 aliphatic rings. The van der Waals surface area contributed by atoms with Crippen LogP contribution in [0.3, 0.4) is 0 Å². The van der Waals surface area contributed by atoms with Crippen molar-refractivity contribution in [2.45, 2.75) is 19.9 Å². The van der Waals surface area contributed by atoms with Crippen molar-refractivity contribution < 1.29 is 13.2 Å². The first-order chi connectivity index (χ1) is 19.5. The summed E-state index contributed by atoms with van der Waals surface area (Å²) in [6.45, 7) is 3.48. The van der Waals surface area contributed by atoms with Crippen molar-refractivity contribution in [3.63, 3.8) is 0 Å². The van der Waals surface area contributed by atoms with Gasteiger partial charge in [-0.1, -0.05) is 42.2 Å². The van der Waals surface area contributed by atoms with Crippen LogP contribution in [-0.2, 0) is 10.0 Å². The second-order valence-corrected chi connectivity index (χ2v) is 11.3. The van der Waals surface area contributed by atoms with Crippen LogP contribution < -0.4 is 21.3 Å². The van der Waals surface area contributed by atoms with Gasteiger partial charge in [0.25, 0.3) is 11.5 Å². The number of imidazole rings is 1. The SMILES string of the molecule is Cc1ccc2nc(N)c(C(=O)N[C@H](C)c3cc4cccc(C#CCNS(C)(=O)=O)c4c(=O)n3-c3ccccc3)n2n1. The topological polar surface area (TPSA) is 153 Å². The van der Waals surface area contributed by atoms with E-state index in [9.17, 15) is 18.0 Å². The fourth-order valence-corrected chi connectivity index (χ4v) is 4.88. The predicted molar refractivity (Wildman–Crippen MR) is 157 cm³/mol. The number of aryl methyl sites for hydroxylation is 1. The molecule has 12 heteroatoms. The lowest BCUT2D eigenvalue weighted by Crippen LogP contribution is -2.33. The molecule has 0 saturated heterocycles. The summed E-state index contributed by atoms with van der Waals surface area (Å²) in [4.78, 5) is 31.8. The van der Waals surface area contributed by atoms with Crippen LogP contribution >= 0.6 is 0 Å². The van der Waals surface area contributed by atoms with Gasteiger partial charge in [0.15, 0.2) is 17.2 Å². The average molecular weight is 570 g/mol. The third-order valence-corrected chi connectivity index (χ3v) is 7.05. The summed E-state index contributed by atoms with van der Waals surface area (Å²) in [7, 11) is -3.40. The molecule has 0 unspecified atom stereocenters. The van der Waals surface area contributed by atoms with Gasteiger partial charge in [-0.05, 0) is 55.6 Å². The lowest BCUT2D eigenvalue weighted by Gasteiger charge is -2.21. The van der Waals surface area contributed by atoms with Crippen molar-refractivity contribution in [3.8, 4) is 17.5 Å². The lowest BCUT2D eigenvalue weighted by atomic mass is 10.0. The lowest BCUT2D eigenvalue weighted by molar-refractivity contribution is 0.0932. The Balaban J connectivity index is 1.61. The third kappa shape index (κ3) is 5.67. The Hall–Kier alpha value is -4.99. The molecule has 0 saturated carbocycles. The summed E-state index contributed by atoms with van der Waals surface area (Å²) in [6, 6.07) is 19.0. The minimum atomic E-state index is -3.40. The minimum absolute atomic E-state index is 0.0420. The number of nitrogens with zero attached hydrogens (tertiary/aromatic N) is 4. The van der Waals surface area contributed by atoms with E-state index in [4.69, 9.17) is 5.73 Å². The molecule has 4 N–H and O–H groups in total. The highest BCUT2D eigenvalue weighted by Crippen LogP contribution is 2.24. The monoisotopic (exact) mass is 569 g/mol. The van der Waals surface area contributed by atoms with Crippen LogP contribution in [0.15, 0.2) is 71.5 Å². The van der Waals surface area contributed by atoms with E-state index < -0.39 is 22.0 Å². The van der Waals surface area contributed by atoms with Crippen LogP contribution in [0.25, 0.3) is 22.1 Å². The van der Waals surface area contributed by atoms with Crippen molar-refractivity contribution >= 4 is 38.2 Å². The zero-order chi connectivity index (χ0) is 29.3. The van der Waals surface area contributed by atoms with Gasteiger partial charge in [-0.2, -0.15) is 5.10 Å². The van der Waals surface area contributed by atoms with E-state index in [1.165, 1.54) is 9.08 Å². The number of benzene rings is 2. The number of nitrogen functional groups attached to an aromatic ring is 1. The smallest absolute Gasteiger partial charge is 0.274 e. The Kier molecular flexibility index (Phi) is 7.32. The number of nitrogens with one attached hydrogen (secondary N) is 2. The maximum atomic E-state index is 14.1. The van der Waals surface area contributed by atoms with Crippen LogP contribution in [0.2, 0.25) is 0 Å². The van der Waals surface area contributed by atoms with Crippen molar-refractivity contribution in [2.75, 3.05) is 18.5 Å². The quantitative estimate of drug-likeness (QED) is 0.265. The number of nitrogens with two attached hydrogens (primary N) is 1. The van der Waals surface area contributed by atoms with Gasteiger partial charge in [0.2, 0.25) is 10.0 Å². The molecule has 0 bridgehead atoms. The van der Waals surface area contributed by atoms with E-state index in [1.807, 2.05) is 24.3 Å². The molecule has 0 spiro atoms. The second-order valence-electron chi connectivity index (χ2n) is 9.50. The van der Waals surface area contributed by atoms with Crippen molar-refractivity contribution in [3.05, 3.63) is 99.7 Å². The highest BCUT2D eigenvalue weighted by Gasteiger charge is 2.23. The number of sulfonamides is 1. The predicted octanol–water partition coefficient (Wildman–Crippen LogP) is 2.32. The van der Waals surface area contributed by atoms with Crippen molar-refractivity contribution in [1.82, 2.24) is 29.2 Å². The Labute approximate surface area is 236 Å². The zero-order valence-electron chi connectivity index (χ0n) is 22.5. The number of anilines is 1.